The molecule has 1 aromatic rings. The molecule has 0 spiro atoms. The third-order valence-electron chi connectivity index (χ3n) is 3.23. The maximum absolute atomic E-state index is 13.7. The molecule has 0 heterocycles. The summed E-state index contributed by atoms with van der Waals surface area (Å²) in [5.41, 5.74) is 5.70. The summed E-state index contributed by atoms with van der Waals surface area (Å²) in [6, 6.07) is 3.40. The van der Waals surface area contributed by atoms with Gasteiger partial charge in [-0.3, -0.25) is 0 Å². The summed E-state index contributed by atoms with van der Waals surface area (Å²) in [6.45, 7) is 15.5. The molecule has 0 aromatic heterocycles. The summed E-state index contributed by atoms with van der Waals surface area (Å²) < 4.78 is 13.7. The number of hydrogen-bond donors (Lipinski definition) is 0. The van der Waals surface area contributed by atoms with Crippen LogP contribution < -0.4 is 0 Å². The van der Waals surface area contributed by atoms with E-state index in [1.54, 1.807) is 12.1 Å². The third-order valence-corrected chi connectivity index (χ3v) is 3.23. The quantitative estimate of drug-likeness (QED) is 0.606. The first kappa shape index (κ1) is 15.2. The molecule has 19 heavy (non-hydrogen) atoms. The van der Waals surface area contributed by atoms with Gasteiger partial charge in [-0.05, 0) is 62.1 Å². The largest absolute Gasteiger partial charge is 0.206 e. The van der Waals surface area contributed by atoms with Gasteiger partial charge in [0.1, 0.15) is 5.82 Å². The predicted octanol–water partition coefficient (Wildman–Crippen LogP) is 5.70. The molecule has 0 radical (unpaired) electrons. The highest BCUT2D eigenvalue weighted by molar-refractivity contribution is 5.78. The molecule has 0 saturated heterocycles. The van der Waals surface area contributed by atoms with Crippen molar-refractivity contribution in [3.05, 3.63) is 71.1 Å². The van der Waals surface area contributed by atoms with Crippen molar-refractivity contribution in [1.29, 1.82) is 0 Å². The molecule has 0 N–H and O–H groups in total. The van der Waals surface area contributed by atoms with Gasteiger partial charge in [-0.1, -0.05) is 37.0 Å². The molecular weight excluding hydrogens is 235 g/mol. The van der Waals surface area contributed by atoms with E-state index in [0.29, 0.717) is 5.56 Å². The first-order valence-electron chi connectivity index (χ1n) is 6.34. The molecule has 0 saturated carbocycles. The lowest BCUT2D eigenvalue weighted by molar-refractivity contribution is 0.623. The van der Waals surface area contributed by atoms with Crippen LogP contribution in [0.5, 0.6) is 0 Å². The highest BCUT2D eigenvalue weighted by Crippen LogP contribution is 2.26. The Bertz CT molecular complexity index is 572. The number of benzene rings is 1. The average molecular weight is 256 g/mol. The predicted molar refractivity (Wildman–Crippen MR) is 83.5 cm³/mol. The smallest absolute Gasteiger partial charge is 0.130 e. The molecule has 0 atom stereocenters. The van der Waals surface area contributed by atoms with Crippen molar-refractivity contribution in [1.82, 2.24) is 0 Å². The molecular formula is C18H21F. The molecule has 1 rings (SSSR count). The first-order chi connectivity index (χ1) is 8.90. The molecule has 100 valence electrons. The van der Waals surface area contributed by atoms with Crippen LogP contribution in [-0.4, -0.2) is 0 Å². The summed E-state index contributed by atoms with van der Waals surface area (Å²) >= 11 is 0. The van der Waals surface area contributed by atoms with E-state index in [1.165, 1.54) is 0 Å². The van der Waals surface area contributed by atoms with E-state index >= 15 is 0 Å². The Morgan fingerprint density at radius 3 is 2.37 bits per heavy atom. The molecule has 0 bridgehead atoms. The molecule has 0 aliphatic carbocycles. The van der Waals surface area contributed by atoms with Gasteiger partial charge >= 0.3 is 0 Å². The number of hydrogen-bond acceptors (Lipinski definition) is 0. The maximum atomic E-state index is 13.7. The van der Waals surface area contributed by atoms with Crippen LogP contribution in [0.15, 0.2) is 48.6 Å². The molecule has 0 nitrogen and oxygen atoms in total. The minimum absolute atomic E-state index is 0.229. The average Bonchev–Trinajstić information content (AvgIpc) is 2.36. The Kier molecular flexibility index (Phi) is 5.05. The zero-order valence-electron chi connectivity index (χ0n) is 12.2. The van der Waals surface area contributed by atoms with Gasteiger partial charge in [0.2, 0.25) is 0 Å². The van der Waals surface area contributed by atoms with Gasteiger partial charge in [0.05, 0.1) is 0 Å². The van der Waals surface area contributed by atoms with Gasteiger partial charge in [0.15, 0.2) is 0 Å². The zero-order chi connectivity index (χ0) is 14.6. The molecule has 0 aliphatic rings. The van der Waals surface area contributed by atoms with Gasteiger partial charge in [-0.25, -0.2) is 4.39 Å². The minimum Gasteiger partial charge on any atom is -0.206 e. The van der Waals surface area contributed by atoms with Crippen LogP contribution in [0.3, 0.4) is 0 Å². The van der Waals surface area contributed by atoms with Gasteiger partial charge < -0.3 is 0 Å². The lowest BCUT2D eigenvalue weighted by atomic mass is 9.95. The SMILES string of the molecule is C=Cc1cc(C(/C=C(/C)C(=C)C)=C/C)c(C)cc1F. The van der Waals surface area contributed by atoms with Crippen molar-refractivity contribution in [3.63, 3.8) is 0 Å². The van der Waals surface area contributed by atoms with Crippen LogP contribution in [0, 0.1) is 12.7 Å². The van der Waals surface area contributed by atoms with E-state index in [-0.39, 0.29) is 5.82 Å². The van der Waals surface area contributed by atoms with Crippen molar-refractivity contribution < 1.29 is 4.39 Å². The topological polar surface area (TPSA) is 0 Å². The standard InChI is InChI=1S/C18H21F/c1-7-15(9-13(5)12(3)4)17-11-16(8-2)18(19)10-14(17)6/h7-11H,2-3H2,1,4-6H3/b13-9-,15-7+. The number of rotatable bonds is 4. The number of halogens is 1. The van der Waals surface area contributed by atoms with Crippen molar-refractivity contribution in [3.8, 4) is 0 Å². The minimum atomic E-state index is -0.229. The van der Waals surface area contributed by atoms with E-state index in [4.69, 9.17) is 0 Å². The fourth-order valence-corrected chi connectivity index (χ4v) is 1.83. The second kappa shape index (κ2) is 6.33. The highest BCUT2D eigenvalue weighted by Gasteiger charge is 2.08. The molecule has 0 amide bonds. The molecule has 0 fully saturated rings. The Hall–Kier alpha value is -1.89. The van der Waals surface area contributed by atoms with Gasteiger partial charge in [-0.15, -0.1) is 0 Å². The zero-order valence-corrected chi connectivity index (χ0v) is 12.2. The molecule has 0 unspecified atom stereocenters. The summed E-state index contributed by atoms with van der Waals surface area (Å²) in [5.74, 6) is -0.229. The lowest BCUT2D eigenvalue weighted by Crippen LogP contribution is -1.93. The number of aryl methyl sites for hydroxylation is 1. The van der Waals surface area contributed by atoms with Gasteiger partial charge in [0.25, 0.3) is 0 Å². The van der Waals surface area contributed by atoms with Gasteiger partial charge in [0, 0.05) is 5.56 Å². The van der Waals surface area contributed by atoms with E-state index in [1.807, 2.05) is 39.8 Å². The van der Waals surface area contributed by atoms with Crippen molar-refractivity contribution in [2.45, 2.75) is 27.7 Å². The first-order valence-corrected chi connectivity index (χ1v) is 6.34. The second-order valence-corrected chi connectivity index (χ2v) is 4.74. The second-order valence-electron chi connectivity index (χ2n) is 4.74. The molecule has 0 aliphatic heterocycles. The normalized spacial score (nSPS) is 12.5. The van der Waals surface area contributed by atoms with E-state index in [2.05, 4.69) is 19.2 Å². The van der Waals surface area contributed by atoms with Crippen molar-refractivity contribution >= 4 is 11.6 Å². The third kappa shape index (κ3) is 3.54. The summed E-state index contributed by atoms with van der Waals surface area (Å²) in [5, 5.41) is 0. The fraction of sp³-hybridized carbons (Fsp3) is 0.222. The van der Waals surface area contributed by atoms with Crippen LogP contribution in [0.4, 0.5) is 4.39 Å². The summed E-state index contributed by atoms with van der Waals surface area (Å²) in [7, 11) is 0. The Morgan fingerprint density at radius 2 is 1.89 bits per heavy atom. The summed E-state index contributed by atoms with van der Waals surface area (Å²) in [4.78, 5) is 0. The maximum Gasteiger partial charge on any atom is 0.130 e. The van der Waals surface area contributed by atoms with E-state index in [0.717, 1.165) is 27.8 Å². The Labute approximate surface area is 115 Å². The monoisotopic (exact) mass is 256 g/mol. The summed E-state index contributed by atoms with van der Waals surface area (Å²) in [6.07, 6.45) is 5.65. The Balaban J connectivity index is 3.39. The van der Waals surface area contributed by atoms with E-state index < -0.39 is 0 Å². The Morgan fingerprint density at radius 1 is 1.26 bits per heavy atom. The molecule has 1 heteroatoms. The van der Waals surface area contributed by atoms with Crippen LogP contribution in [0.1, 0.15) is 37.5 Å². The lowest BCUT2D eigenvalue weighted by Gasteiger charge is -2.11. The van der Waals surface area contributed by atoms with E-state index in [9.17, 15) is 4.39 Å². The van der Waals surface area contributed by atoms with Crippen LogP contribution >= 0.6 is 0 Å². The fourth-order valence-electron chi connectivity index (χ4n) is 1.83. The van der Waals surface area contributed by atoms with Crippen LogP contribution in [-0.2, 0) is 0 Å². The van der Waals surface area contributed by atoms with Crippen LogP contribution in [0.25, 0.3) is 11.6 Å². The van der Waals surface area contributed by atoms with Crippen LogP contribution in [0.2, 0.25) is 0 Å². The molecule has 1 aromatic carbocycles. The van der Waals surface area contributed by atoms with Crippen molar-refractivity contribution in [2.75, 3.05) is 0 Å². The van der Waals surface area contributed by atoms with Gasteiger partial charge in [-0.2, -0.15) is 0 Å². The highest BCUT2D eigenvalue weighted by atomic mass is 19.1. The van der Waals surface area contributed by atoms with Crippen molar-refractivity contribution in [2.24, 2.45) is 0 Å². The number of allylic oxidation sites excluding steroid dienone is 5.